The van der Waals surface area contributed by atoms with Gasteiger partial charge in [-0.2, -0.15) is 0 Å². The summed E-state index contributed by atoms with van der Waals surface area (Å²) < 4.78 is 6.42. The van der Waals surface area contributed by atoms with Crippen LogP contribution in [0.15, 0.2) is 15.9 Å². The fraction of sp³-hybridized carbons (Fsp3) is 0.667. The van der Waals surface area contributed by atoms with Gasteiger partial charge >= 0.3 is 0 Å². The second-order valence-electron chi connectivity index (χ2n) is 3.88. The van der Waals surface area contributed by atoms with E-state index in [1.165, 1.54) is 27.9 Å². The molecule has 1 heterocycles. The van der Waals surface area contributed by atoms with Crippen molar-refractivity contribution in [2.75, 3.05) is 13.7 Å². The average Bonchev–Trinajstić information content (AvgIpc) is 2.68. The SMILES string of the molecule is CCCCC(COC)NCc1ccc(Br)s1. The summed E-state index contributed by atoms with van der Waals surface area (Å²) >= 11 is 5.26. The van der Waals surface area contributed by atoms with Gasteiger partial charge in [0.2, 0.25) is 0 Å². The molecule has 16 heavy (non-hydrogen) atoms. The van der Waals surface area contributed by atoms with Gasteiger partial charge in [-0.1, -0.05) is 19.8 Å². The number of halogens is 1. The van der Waals surface area contributed by atoms with Gasteiger partial charge in [-0.15, -0.1) is 11.3 Å². The van der Waals surface area contributed by atoms with Gasteiger partial charge in [-0.25, -0.2) is 0 Å². The second kappa shape index (κ2) is 8.23. The maximum atomic E-state index is 5.23. The number of thiophene rings is 1. The molecule has 0 aliphatic heterocycles. The van der Waals surface area contributed by atoms with Crippen LogP contribution in [-0.4, -0.2) is 19.8 Å². The van der Waals surface area contributed by atoms with Crippen LogP contribution in [-0.2, 0) is 11.3 Å². The number of hydrogen-bond acceptors (Lipinski definition) is 3. The van der Waals surface area contributed by atoms with Gasteiger partial charge in [0.25, 0.3) is 0 Å². The summed E-state index contributed by atoms with van der Waals surface area (Å²) in [5.41, 5.74) is 0. The van der Waals surface area contributed by atoms with Crippen molar-refractivity contribution in [2.24, 2.45) is 0 Å². The number of unbranched alkanes of at least 4 members (excludes halogenated alkanes) is 1. The highest BCUT2D eigenvalue weighted by atomic mass is 79.9. The molecule has 1 atom stereocenters. The molecule has 0 aliphatic rings. The molecule has 1 unspecified atom stereocenters. The van der Waals surface area contributed by atoms with Crippen molar-refractivity contribution < 1.29 is 4.74 Å². The van der Waals surface area contributed by atoms with Crippen molar-refractivity contribution in [3.63, 3.8) is 0 Å². The quantitative estimate of drug-likeness (QED) is 0.788. The minimum absolute atomic E-state index is 0.478. The summed E-state index contributed by atoms with van der Waals surface area (Å²) in [6, 6.07) is 4.73. The zero-order valence-corrected chi connectivity index (χ0v) is 12.4. The molecular formula is C12H20BrNOS. The lowest BCUT2D eigenvalue weighted by molar-refractivity contribution is 0.161. The molecule has 0 spiro atoms. The molecule has 4 heteroatoms. The smallest absolute Gasteiger partial charge is 0.0701 e. The van der Waals surface area contributed by atoms with E-state index in [-0.39, 0.29) is 0 Å². The van der Waals surface area contributed by atoms with E-state index >= 15 is 0 Å². The third-order valence-corrected chi connectivity index (χ3v) is 4.09. The zero-order chi connectivity index (χ0) is 11.8. The summed E-state index contributed by atoms with van der Waals surface area (Å²) in [7, 11) is 1.77. The van der Waals surface area contributed by atoms with E-state index < -0.39 is 0 Å². The summed E-state index contributed by atoms with van der Waals surface area (Å²) in [5, 5.41) is 3.55. The third-order valence-electron chi connectivity index (χ3n) is 2.47. The Morgan fingerprint density at radius 2 is 2.31 bits per heavy atom. The van der Waals surface area contributed by atoms with Crippen LogP contribution < -0.4 is 5.32 Å². The van der Waals surface area contributed by atoms with E-state index in [9.17, 15) is 0 Å². The van der Waals surface area contributed by atoms with Crippen LogP contribution >= 0.6 is 27.3 Å². The third kappa shape index (κ3) is 5.43. The van der Waals surface area contributed by atoms with Crippen molar-refractivity contribution in [1.29, 1.82) is 0 Å². The fourth-order valence-corrected chi connectivity index (χ4v) is 3.02. The molecule has 0 saturated heterocycles. The van der Waals surface area contributed by atoms with E-state index in [2.05, 4.69) is 40.3 Å². The van der Waals surface area contributed by atoms with Crippen LogP contribution in [0.5, 0.6) is 0 Å². The van der Waals surface area contributed by atoms with E-state index in [1.807, 2.05) is 0 Å². The van der Waals surface area contributed by atoms with Crippen molar-refractivity contribution in [2.45, 2.75) is 38.8 Å². The Bertz CT molecular complexity index is 290. The minimum atomic E-state index is 0.478. The Hall–Kier alpha value is 0.1000. The summed E-state index contributed by atoms with van der Waals surface area (Å²) in [4.78, 5) is 1.37. The molecule has 0 aromatic carbocycles. The topological polar surface area (TPSA) is 21.3 Å². The van der Waals surface area contributed by atoms with Crippen LogP contribution in [0.25, 0.3) is 0 Å². The van der Waals surface area contributed by atoms with Gasteiger partial charge in [0, 0.05) is 24.6 Å². The first-order chi connectivity index (χ1) is 7.76. The van der Waals surface area contributed by atoms with Crippen LogP contribution in [0.3, 0.4) is 0 Å². The molecule has 0 aliphatic carbocycles. The lowest BCUT2D eigenvalue weighted by Crippen LogP contribution is -2.32. The Labute approximate surface area is 111 Å². The minimum Gasteiger partial charge on any atom is -0.383 e. The first kappa shape index (κ1) is 14.2. The highest BCUT2D eigenvalue weighted by molar-refractivity contribution is 9.11. The average molecular weight is 306 g/mol. The lowest BCUT2D eigenvalue weighted by Gasteiger charge is -2.16. The van der Waals surface area contributed by atoms with Gasteiger partial charge in [0.15, 0.2) is 0 Å². The highest BCUT2D eigenvalue weighted by Crippen LogP contribution is 2.21. The maximum Gasteiger partial charge on any atom is 0.0701 e. The van der Waals surface area contributed by atoms with Crippen LogP contribution in [0, 0.1) is 0 Å². The van der Waals surface area contributed by atoms with Crippen molar-refractivity contribution in [1.82, 2.24) is 5.32 Å². The van der Waals surface area contributed by atoms with Gasteiger partial charge in [0.05, 0.1) is 10.4 Å². The summed E-state index contributed by atoms with van der Waals surface area (Å²) in [6.07, 6.45) is 3.69. The van der Waals surface area contributed by atoms with E-state index in [4.69, 9.17) is 4.74 Å². The highest BCUT2D eigenvalue weighted by Gasteiger charge is 2.07. The van der Waals surface area contributed by atoms with Crippen molar-refractivity contribution in [3.05, 3.63) is 20.8 Å². The predicted octanol–water partition coefficient (Wildman–Crippen LogP) is 3.81. The van der Waals surface area contributed by atoms with Gasteiger partial charge in [-0.3, -0.25) is 0 Å². The molecule has 1 aromatic rings. The van der Waals surface area contributed by atoms with E-state index in [0.29, 0.717) is 6.04 Å². The molecule has 0 amide bonds. The molecule has 92 valence electrons. The molecule has 0 saturated carbocycles. The van der Waals surface area contributed by atoms with Crippen LogP contribution in [0.4, 0.5) is 0 Å². The Kier molecular flexibility index (Phi) is 7.28. The Morgan fingerprint density at radius 3 is 2.88 bits per heavy atom. The van der Waals surface area contributed by atoms with Crippen LogP contribution in [0.2, 0.25) is 0 Å². The fourth-order valence-electron chi connectivity index (χ4n) is 1.59. The number of rotatable bonds is 8. The number of methoxy groups -OCH3 is 1. The first-order valence-electron chi connectivity index (χ1n) is 5.72. The Balaban J connectivity index is 2.30. The van der Waals surface area contributed by atoms with Crippen molar-refractivity contribution in [3.8, 4) is 0 Å². The molecule has 1 N–H and O–H groups in total. The largest absolute Gasteiger partial charge is 0.383 e. The van der Waals surface area contributed by atoms with Crippen LogP contribution in [0.1, 0.15) is 31.1 Å². The van der Waals surface area contributed by atoms with Gasteiger partial charge < -0.3 is 10.1 Å². The zero-order valence-electron chi connectivity index (χ0n) is 9.96. The molecule has 0 fully saturated rings. The molecule has 0 bridgehead atoms. The first-order valence-corrected chi connectivity index (χ1v) is 7.33. The summed E-state index contributed by atoms with van der Waals surface area (Å²) in [5.74, 6) is 0. The normalized spacial score (nSPS) is 12.9. The standard InChI is InChI=1S/C12H20BrNOS/c1-3-4-5-10(9-15-2)14-8-11-6-7-12(13)16-11/h6-7,10,14H,3-5,8-9H2,1-2H3. The Morgan fingerprint density at radius 1 is 1.50 bits per heavy atom. The van der Waals surface area contributed by atoms with Crippen molar-refractivity contribution >= 4 is 27.3 Å². The number of ether oxygens (including phenoxy) is 1. The second-order valence-corrected chi connectivity index (χ2v) is 6.43. The van der Waals surface area contributed by atoms with E-state index in [0.717, 1.165) is 13.2 Å². The van der Waals surface area contributed by atoms with Gasteiger partial charge in [0.1, 0.15) is 0 Å². The monoisotopic (exact) mass is 305 g/mol. The lowest BCUT2D eigenvalue weighted by atomic mass is 10.1. The molecule has 1 rings (SSSR count). The molecule has 0 radical (unpaired) electrons. The molecule has 2 nitrogen and oxygen atoms in total. The number of nitrogens with one attached hydrogen (secondary N) is 1. The van der Waals surface area contributed by atoms with E-state index in [1.54, 1.807) is 18.4 Å². The molecule has 1 aromatic heterocycles. The summed E-state index contributed by atoms with van der Waals surface area (Å²) in [6.45, 7) is 3.96. The predicted molar refractivity (Wildman–Crippen MR) is 74.0 cm³/mol. The maximum absolute atomic E-state index is 5.23. The van der Waals surface area contributed by atoms with Gasteiger partial charge in [-0.05, 0) is 34.5 Å². The molecular weight excluding hydrogens is 286 g/mol. The number of hydrogen-bond donors (Lipinski definition) is 1.